The van der Waals surface area contributed by atoms with Gasteiger partial charge in [-0.1, -0.05) is 13.0 Å². The first-order valence-electron chi connectivity index (χ1n) is 14.1. The van der Waals surface area contributed by atoms with E-state index in [-0.39, 0.29) is 25.0 Å². The Bertz CT molecular complexity index is 1470. The number of hydrogen-bond donors (Lipinski definition) is 3. The van der Waals surface area contributed by atoms with E-state index in [0.29, 0.717) is 60.6 Å². The number of rotatable bonds is 7. The lowest BCUT2D eigenvalue weighted by atomic mass is 10.1. The number of benzene rings is 3. The van der Waals surface area contributed by atoms with Gasteiger partial charge in [0.15, 0.2) is 17.2 Å². The van der Waals surface area contributed by atoms with Crippen LogP contribution in [0.4, 0.5) is 16.2 Å². The molecule has 0 saturated heterocycles. The van der Waals surface area contributed by atoms with Gasteiger partial charge in [0.2, 0.25) is 0 Å². The summed E-state index contributed by atoms with van der Waals surface area (Å²) in [5.74, 6) is 2.13. The molecule has 0 radical (unpaired) electrons. The van der Waals surface area contributed by atoms with Crippen LogP contribution in [-0.4, -0.2) is 91.2 Å². The summed E-state index contributed by atoms with van der Waals surface area (Å²) in [7, 11) is 4.10. The van der Waals surface area contributed by atoms with E-state index in [0.717, 1.165) is 10.6 Å². The number of aliphatic hydroxyl groups excluding tert-OH is 1. The molecule has 0 spiro atoms. The third-order valence-corrected chi connectivity index (χ3v) is 7.93. The maximum atomic E-state index is 13.0. The number of ether oxygens (including phenoxy) is 4. The molecular formula is C31H38N4O8S. The molecule has 13 heteroatoms. The standard InChI is InChI=1S/C22H25N3O6.C9H13NO2S/c1-14-12-25(7-8-26)21(27)16-3-2-4-17(20(16)31-13-14)24-22(28)23-15-5-6-18-19(11-15)30-10-9-29-18;1-10(2)13(11)9-6-4-8(12-3)5-7-9/h2-6,11,14,26H,7-10,12-13H2,1H3,(H2,23,24,28);4-7H,1-3H3. The molecule has 44 heavy (non-hydrogen) atoms. The molecule has 3 N–H and O–H groups in total. The van der Waals surface area contributed by atoms with Crippen molar-refractivity contribution in [3.8, 4) is 23.0 Å². The van der Waals surface area contributed by atoms with Crippen LogP contribution in [0.3, 0.4) is 0 Å². The highest BCUT2D eigenvalue weighted by atomic mass is 32.2. The lowest BCUT2D eigenvalue weighted by Gasteiger charge is -2.30. The van der Waals surface area contributed by atoms with Gasteiger partial charge in [-0.25, -0.2) is 13.3 Å². The molecule has 2 atom stereocenters. The van der Waals surface area contributed by atoms with Gasteiger partial charge >= 0.3 is 6.03 Å². The van der Waals surface area contributed by atoms with Crippen LogP contribution < -0.4 is 29.6 Å². The normalized spacial score (nSPS) is 16.3. The van der Waals surface area contributed by atoms with E-state index in [9.17, 15) is 18.9 Å². The Morgan fingerprint density at radius 2 is 1.77 bits per heavy atom. The molecule has 236 valence electrons. The Morgan fingerprint density at radius 1 is 1.05 bits per heavy atom. The maximum absolute atomic E-state index is 13.0. The zero-order valence-electron chi connectivity index (χ0n) is 25.2. The molecule has 2 aliphatic rings. The quantitative estimate of drug-likeness (QED) is 0.360. The second-order valence-corrected chi connectivity index (χ2v) is 11.9. The predicted molar refractivity (Wildman–Crippen MR) is 167 cm³/mol. The first-order chi connectivity index (χ1) is 21.2. The van der Waals surface area contributed by atoms with Crippen LogP contribution in [0.15, 0.2) is 65.6 Å². The van der Waals surface area contributed by atoms with Crippen molar-refractivity contribution in [3.05, 3.63) is 66.2 Å². The largest absolute Gasteiger partial charge is 0.497 e. The molecular weight excluding hydrogens is 588 g/mol. The number of para-hydroxylation sites is 1. The number of carbonyl (C=O) groups is 2. The fourth-order valence-corrected chi connectivity index (χ4v) is 5.28. The van der Waals surface area contributed by atoms with Gasteiger partial charge in [-0.05, 0) is 62.6 Å². The van der Waals surface area contributed by atoms with E-state index in [1.54, 1.807) is 91.1 Å². The fraction of sp³-hybridized carbons (Fsp3) is 0.355. The van der Waals surface area contributed by atoms with Crippen LogP contribution in [0.25, 0.3) is 0 Å². The number of aliphatic hydroxyl groups is 1. The summed E-state index contributed by atoms with van der Waals surface area (Å²) in [5, 5.41) is 14.8. The third kappa shape index (κ3) is 8.40. The smallest absolute Gasteiger partial charge is 0.323 e. The topological polar surface area (TPSA) is 139 Å². The molecule has 3 amide bonds. The molecule has 3 aromatic carbocycles. The molecule has 3 aromatic rings. The molecule has 0 aromatic heterocycles. The first-order valence-corrected chi connectivity index (χ1v) is 15.2. The van der Waals surface area contributed by atoms with Gasteiger partial charge in [-0.3, -0.25) is 4.79 Å². The minimum atomic E-state index is -1.07. The monoisotopic (exact) mass is 626 g/mol. The summed E-state index contributed by atoms with van der Waals surface area (Å²) in [6.45, 7) is 3.90. The Kier molecular flexibility index (Phi) is 11.4. The highest BCUT2D eigenvalue weighted by Gasteiger charge is 2.27. The molecule has 0 fully saturated rings. The van der Waals surface area contributed by atoms with Crippen molar-refractivity contribution in [2.75, 3.05) is 71.4 Å². The van der Waals surface area contributed by atoms with Crippen LogP contribution in [-0.2, 0) is 11.0 Å². The minimum absolute atomic E-state index is 0.0725. The van der Waals surface area contributed by atoms with E-state index < -0.39 is 17.0 Å². The average Bonchev–Trinajstić information content (AvgIpc) is 3.03. The van der Waals surface area contributed by atoms with Crippen molar-refractivity contribution in [1.29, 1.82) is 0 Å². The van der Waals surface area contributed by atoms with Gasteiger partial charge in [0.25, 0.3) is 5.91 Å². The van der Waals surface area contributed by atoms with E-state index >= 15 is 0 Å². The van der Waals surface area contributed by atoms with E-state index in [1.165, 1.54) is 0 Å². The minimum Gasteiger partial charge on any atom is -0.497 e. The zero-order chi connectivity index (χ0) is 31.6. The van der Waals surface area contributed by atoms with Crippen molar-refractivity contribution in [1.82, 2.24) is 9.21 Å². The Labute approximate surface area is 259 Å². The second-order valence-electron chi connectivity index (χ2n) is 10.2. The van der Waals surface area contributed by atoms with Crippen molar-refractivity contribution in [2.45, 2.75) is 11.8 Å². The second kappa shape index (κ2) is 15.4. The number of methoxy groups -OCH3 is 1. The Morgan fingerprint density at radius 3 is 2.45 bits per heavy atom. The van der Waals surface area contributed by atoms with E-state index in [2.05, 4.69) is 10.6 Å². The summed E-state index contributed by atoms with van der Waals surface area (Å²) in [6, 6.07) is 16.9. The van der Waals surface area contributed by atoms with Crippen molar-refractivity contribution in [3.63, 3.8) is 0 Å². The summed E-state index contributed by atoms with van der Waals surface area (Å²) in [6.07, 6.45) is 0. The molecule has 2 heterocycles. The summed E-state index contributed by atoms with van der Waals surface area (Å²) in [5.41, 5.74) is 1.27. The number of β-amino-alcohol motifs (C(OH)–C–C–N with tert-alkyl or cyclic N) is 1. The summed E-state index contributed by atoms with van der Waals surface area (Å²) >= 11 is 0. The van der Waals surface area contributed by atoms with Crippen LogP contribution in [0, 0.1) is 5.92 Å². The van der Waals surface area contributed by atoms with Gasteiger partial charge in [0.05, 0.1) is 36.5 Å². The van der Waals surface area contributed by atoms with Crippen LogP contribution in [0.2, 0.25) is 0 Å². The molecule has 12 nitrogen and oxygen atoms in total. The van der Waals surface area contributed by atoms with E-state index in [1.807, 2.05) is 6.92 Å². The number of amides is 3. The first kappa shape index (κ1) is 32.6. The zero-order valence-corrected chi connectivity index (χ0v) is 26.0. The van der Waals surface area contributed by atoms with Crippen molar-refractivity contribution < 1.29 is 37.9 Å². The fourth-order valence-electron chi connectivity index (χ4n) is 4.49. The van der Waals surface area contributed by atoms with Gasteiger partial charge in [-0.2, -0.15) is 0 Å². The van der Waals surface area contributed by atoms with Gasteiger partial charge in [-0.15, -0.1) is 0 Å². The van der Waals surface area contributed by atoms with Gasteiger partial charge < -0.3 is 39.6 Å². The summed E-state index contributed by atoms with van der Waals surface area (Å²) < 4.78 is 35.1. The number of anilines is 2. The highest BCUT2D eigenvalue weighted by molar-refractivity contribution is 7.82. The molecule has 5 rings (SSSR count). The number of carbonyl (C=O) groups excluding carboxylic acids is 2. The van der Waals surface area contributed by atoms with Gasteiger partial charge in [0, 0.05) is 30.8 Å². The lowest BCUT2D eigenvalue weighted by Crippen LogP contribution is -2.40. The molecule has 2 unspecified atom stereocenters. The number of urea groups is 1. The van der Waals surface area contributed by atoms with Crippen molar-refractivity contribution in [2.24, 2.45) is 5.92 Å². The predicted octanol–water partition coefficient (Wildman–Crippen LogP) is 3.84. The number of nitrogens with one attached hydrogen (secondary N) is 2. The third-order valence-electron chi connectivity index (χ3n) is 6.59. The van der Waals surface area contributed by atoms with Crippen LogP contribution in [0.5, 0.6) is 23.0 Å². The average molecular weight is 627 g/mol. The Balaban J connectivity index is 0.000000285. The summed E-state index contributed by atoms with van der Waals surface area (Å²) in [4.78, 5) is 28.0. The SMILES string of the molecule is CC1COc2c(NC(=O)Nc3ccc4c(c3)OCCO4)cccc2C(=O)N(CCO)C1.COc1ccc(S(=O)N(C)C)cc1. The van der Waals surface area contributed by atoms with Crippen LogP contribution in [0.1, 0.15) is 17.3 Å². The van der Waals surface area contributed by atoms with Crippen LogP contribution >= 0.6 is 0 Å². The number of nitrogens with zero attached hydrogens (tertiary/aromatic N) is 2. The Hall–Kier alpha value is -4.33. The highest BCUT2D eigenvalue weighted by Crippen LogP contribution is 2.34. The number of hydrogen-bond acceptors (Lipinski definition) is 8. The van der Waals surface area contributed by atoms with Gasteiger partial charge in [0.1, 0.15) is 29.9 Å². The van der Waals surface area contributed by atoms with Crippen molar-refractivity contribution >= 4 is 34.3 Å². The van der Waals surface area contributed by atoms with E-state index in [4.69, 9.17) is 18.9 Å². The molecule has 2 aliphatic heterocycles. The maximum Gasteiger partial charge on any atom is 0.323 e. The molecule has 0 bridgehead atoms. The molecule has 0 aliphatic carbocycles. The number of fused-ring (bicyclic) bond motifs is 2. The lowest BCUT2D eigenvalue weighted by molar-refractivity contribution is 0.0645. The molecule has 0 saturated carbocycles.